The first-order chi connectivity index (χ1) is 5.29. The van der Waals surface area contributed by atoms with E-state index in [9.17, 15) is 0 Å². The fourth-order valence-electron chi connectivity index (χ4n) is 2.00. The lowest BCUT2D eigenvalue weighted by Gasteiger charge is -2.15. The van der Waals surface area contributed by atoms with Gasteiger partial charge in [-0.2, -0.15) is 0 Å². The van der Waals surface area contributed by atoms with Gasteiger partial charge in [0.1, 0.15) is 0 Å². The molecule has 0 N–H and O–H groups in total. The Kier molecular flexibility index (Phi) is 1.49. The van der Waals surface area contributed by atoms with Gasteiger partial charge in [0, 0.05) is 5.92 Å². The van der Waals surface area contributed by atoms with E-state index in [0.29, 0.717) is 5.92 Å². The molecule has 0 heteroatoms. The zero-order valence-electron chi connectivity index (χ0n) is 7.17. The van der Waals surface area contributed by atoms with Gasteiger partial charge in [-0.15, -0.1) is 0 Å². The molecule has 2 aliphatic rings. The highest BCUT2D eigenvalue weighted by atomic mass is 14.3. The van der Waals surface area contributed by atoms with E-state index in [1.54, 1.807) is 5.57 Å². The number of rotatable bonds is 1. The molecule has 0 heterocycles. The Morgan fingerprint density at radius 3 is 2.91 bits per heavy atom. The zero-order valence-corrected chi connectivity index (χ0v) is 7.17. The summed E-state index contributed by atoms with van der Waals surface area (Å²) in [5, 5.41) is 0. The highest BCUT2D eigenvalue weighted by Gasteiger charge is 2.24. The first kappa shape index (κ1) is 6.90. The molecule has 0 aromatic carbocycles. The fourth-order valence-corrected chi connectivity index (χ4v) is 2.00. The number of hydrogen-bond donors (Lipinski definition) is 0. The topological polar surface area (TPSA) is 0 Å². The summed E-state index contributed by atoms with van der Waals surface area (Å²) in [5.41, 5.74) is 3.14. The molecule has 0 nitrogen and oxygen atoms in total. The van der Waals surface area contributed by atoms with Crippen LogP contribution in [0.15, 0.2) is 35.5 Å². The molecular weight excluding hydrogens is 132 g/mol. The van der Waals surface area contributed by atoms with E-state index in [1.807, 2.05) is 0 Å². The van der Waals surface area contributed by atoms with Crippen LogP contribution in [-0.4, -0.2) is 0 Å². The number of allylic oxidation sites excluding steroid dienone is 6. The van der Waals surface area contributed by atoms with Crippen LogP contribution in [0, 0.1) is 11.8 Å². The molecule has 0 bridgehead atoms. The van der Waals surface area contributed by atoms with E-state index in [2.05, 4.69) is 38.2 Å². The van der Waals surface area contributed by atoms with Gasteiger partial charge in [0.25, 0.3) is 0 Å². The minimum atomic E-state index is 0.716. The van der Waals surface area contributed by atoms with Gasteiger partial charge >= 0.3 is 0 Å². The Bertz CT molecular complexity index is 251. The van der Waals surface area contributed by atoms with E-state index in [-0.39, 0.29) is 0 Å². The van der Waals surface area contributed by atoms with Crippen LogP contribution in [0.4, 0.5) is 0 Å². The minimum Gasteiger partial charge on any atom is -0.0833 e. The normalized spacial score (nSPS) is 27.4. The summed E-state index contributed by atoms with van der Waals surface area (Å²) in [6, 6.07) is 0. The monoisotopic (exact) mass is 146 g/mol. The van der Waals surface area contributed by atoms with Gasteiger partial charge in [-0.3, -0.25) is 0 Å². The second kappa shape index (κ2) is 2.37. The maximum atomic E-state index is 2.30. The summed E-state index contributed by atoms with van der Waals surface area (Å²) in [7, 11) is 0. The van der Waals surface area contributed by atoms with Crippen molar-refractivity contribution in [1.29, 1.82) is 0 Å². The predicted molar refractivity (Wildman–Crippen MR) is 48.3 cm³/mol. The van der Waals surface area contributed by atoms with Crippen LogP contribution in [0.1, 0.15) is 20.3 Å². The van der Waals surface area contributed by atoms with Gasteiger partial charge in [0.05, 0.1) is 0 Å². The molecule has 1 atom stereocenters. The van der Waals surface area contributed by atoms with Crippen molar-refractivity contribution in [2.24, 2.45) is 11.8 Å². The second-order valence-corrected chi connectivity index (χ2v) is 3.68. The molecule has 2 aliphatic carbocycles. The molecule has 11 heavy (non-hydrogen) atoms. The molecular formula is C11H14. The van der Waals surface area contributed by atoms with Crippen LogP contribution in [0.25, 0.3) is 0 Å². The first-order valence-corrected chi connectivity index (χ1v) is 4.37. The molecule has 2 rings (SSSR count). The molecule has 0 spiro atoms. The lowest BCUT2D eigenvalue weighted by Crippen LogP contribution is -2.03. The summed E-state index contributed by atoms with van der Waals surface area (Å²) < 4.78 is 0. The largest absolute Gasteiger partial charge is 0.0833 e. The van der Waals surface area contributed by atoms with Gasteiger partial charge in [0.15, 0.2) is 0 Å². The smallest absolute Gasteiger partial charge is 0.00883 e. The zero-order chi connectivity index (χ0) is 7.84. The van der Waals surface area contributed by atoms with Crippen LogP contribution in [-0.2, 0) is 0 Å². The number of hydrogen-bond acceptors (Lipinski definition) is 0. The quantitative estimate of drug-likeness (QED) is 0.533. The summed E-state index contributed by atoms with van der Waals surface area (Å²) in [4.78, 5) is 0. The first-order valence-electron chi connectivity index (χ1n) is 4.37. The summed E-state index contributed by atoms with van der Waals surface area (Å²) >= 11 is 0. The highest BCUT2D eigenvalue weighted by molar-refractivity contribution is 5.45. The summed E-state index contributed by atoms with van der Waals surface area (Å²) in [6.45, 7) is 4.56. The van der Waals surface area contributed by atoms with E-state index < -0.39 is 0 Å². The van der Waals surface area contributed by atoms with E-state index in [4.69, 9.17) is 0 Å². The average molecular weight is 146 g/mol. The molecule has 0 saturated carbocycles. The molecule has 0 aromatic rings. The van der Waals surface area contributed by atoms with Gasteiger partial charge in [-0.1, -0.05) is 43.7 Å². The molecule has 0 saturated heterocycles. The van der Waals surface area contributed by atoms with Crippen LogP contribution >= 0.6 is 0 Å². The van der Waals surface area contributed by atoms with Crippen molar-refractivity contribution in [2.75, 3.05) is 0 Å². The lowest BCUT2D eigenvalue weighted by atomic mass is 9.90. The highest BCUT2D eigenvalue weighted by Crippen LogP contribution is 2.38. The lowest BCUT2D eigenvalue weighted by molar-refractivity contribution is 0.642. The third-order valence-corrected chi connectivity index (χ3v) is 2.62. The molecule has 1 unspecified atom stereocenters. The fraction of sp³-hybridized carbons (Fsp3) is 0.455. The van der Waals surface area contributed by atoms with Gasteiger partial charge in [-0.05, 0) is 17.9 Å². The van der Waals surface area contributed by atoms with E-state index in [0.717, 1.165) is 5.92 Å². The summed E-state index contributed by atoms with van der Waals surface area (Å²) in [6.07, 6.45) is 10.3. The van der Waals surface area contributed by atoms with Gasteiger partial charge < -0.3 is 0 Å². The second-order valence-electron chi connectivity index (χ2n) is 3.68. The SMILES string of the molecule is CC(C)C1=CC=C2C=CCC21. The van der Waals surface area contributed by atoms with Crippen LogP contribution in [0.3, 0.4) is 0 Å². The molecule has 0 amide bonds. The van der Waals surface area contributed by atoms with Crippen molar-refractivity contribution < 1.29 is 0 Å². The van der Waals surface area contributed by atoms with Crippen LogP contribution in [0.5, 0.6) is 0 Å². The van der Waals surface area contributed by atoms with Crippen molar-refractivity contribution in [3.05, 3.63) is 35.5 Å². The van der Waals surface area contributed by atoms with Crippen molar-refractivity contribution in [3.63, 3.8) is 0 Å². The number of fused-ring (bicyclic) bond motifs is 1. The standard InChI is InChI=1S/C11H14/c1-8(2)10-7-6-9-4-3-5-11(9)10/h3-4,6-8,11H,5H2,1-2H3. The van der Waals surface area contributed by atoms with Crippen molar-refractivity contribution in [1.82, 2.24) is 0 Å². The maximum Gasteiger partial charge on any atom is 0.00883 e. The molecule has 58 valence electrons. The molecule has 0 radical (unpaired) electrons. The minimum absolute atomic E-state index is 0.716. The van der Waals surface area contributed by atoms with Crippen molar-refractivity contribution in [3.8, 4) is 0 Å². The Morgan fingerprint density at radius 1 is 1.36 bits per heavy atom. The average Bonchev–Trinajstić information content (AvgIpc) is 2.41. The molecule has 0 aliphatic heterocycles. The Hall–Kier alpha value is -0.780. The van der Waals surface area contributed by atoms with E-state index in [1.165, 1.54) is 12.0 Å². The molecule has 0 fully saturated rings. The molecule has 0 aromatic heterocycles. The van der Waals surface area contributed by atoms with Crippen LogP contribution in [0.2, 0.25) is 0 Å². The van der Waals surface area contributed by atoms with E-state index >= 15 is 0 Å². The van der Waals surface area contributed by atoms with Crippen LogP contribution < -0.4 is 0 Å². The van der Waals surface area contributed by atoms with Crippen molar-refractivity contribution >= 4 is 0 Å². The van der Waals surface area contributed by atoms with Gasteiger partial charge in [-0.25, -0.2) is 0 Å². The Labute approximate surface area is 68.3 Å². The third-order valence-electron chi connectivity index (χ3n) is 2.62. The Balaban J connectivity index is 2.22. The van der Waals surface area contributed by atoms with Crippen molar-refractivity contribution in [2.45, 2.75) is 20.3 Å². The predicted octanol–water partition coefficient (Wildman–Crippen LogP) is 3.08. The van der Waals surface area contributed by atoms with Gasteiger partial charge in [0.2, 0.25) is 0 Å². The third kappa shape index (κ3) is 0.973. The Morgan fingerprint density at radius 2 is 2.18 bits per heavy atom. The summed E-state index contributed by atoms with van der Waals surface area (Å²) in [5.74, 6) is 1.46. The maximum absolute atomic E-state index is 2.30.